The maximum absolute atomic E-state index is 11.7. The van der Waals surface area contributed by atoms with Crippen LogP contribution in [0, 0.1) is 10.1 Å². The number of nitro benzene ring substituents is 1. The molecule has 0 heterocycles. The number of carbonyl (C=O) groups is 2. The molecule has 0 spiro atoms. The maximum Gasteiger partial charge on any atom is 0.305 e. The molecule has 0 radical (unpaired) electrons. The lowest BCUT2D eigenvalue weighted by Crippen LogP contribution is -2.37. The van der Waals surface area contributed by atoms with E-state index in [9.17, 15) is 19.7 Å². The van der Waals surface area contributed by atoms with E-state index in [4.69, 9.17) is 15.6 Å². The average molecular weight is 283 g/mol. The second kappa shape index (κ2) is 6.48. The lowest BCUT2D eigenvalue weighted by Gasteiger charge is -2.12. The number of carboxylic acid groups (broad SMARTS) is 1. The van der Waals surface area contributed by atoms with Crippen LogP contribution in [-0.4, -0.2) is 35.1 Å². The molecule has 108 valence electrons. The number of nitro groups is 1. The van der Waals surface area contributed by atoms with Gasteiger partial charge in [-0.05, 0) is 6.07 Å². The zero-order valence-electron chi connectivity index (χ0n) is 10.5. The third-order valence-electron chi connectivity index (χ3n) is 2.38. The summed E-state index contributed by atoms with van der Waals surface area (Å²) in [5, 5.41) is 21.5. The van der Waals surface area contributed by atoms with Crippen molar-refractivity contribution in [3.63, 3.8) is 0 Å². The second-order valence-electron chi connectivity index (χ2n) is 3.84. The first-order valence-electron chi connectivity index (χ1n) is 5.45. The molecule has 1 unspecified atom stereocenters. The highest BCUT2D eigenvalue weighted by molar-refractivity contribution is 5.98. The number of rotatable bonds is 6. The first-order chi connectivity index (χ1) is 9.35. The number of nitrogens with one attached hydrogen (secondary N) is 1. The zero-order valence-corrected chi connectivity index (χ0v) is 10.5. The summed E-state index contributed by atoms with van der Waals surface area (Å²) in [5.74, 6) is -1.80. The van der Waals surface area contributed by atoms with Gasteiger partial charge in [0.05, 0.1) is 30.2 Å². The molecule has 0 aromatic heterocycles. The van der Waals surface area contributed by atoms with Crippen LogP contribution in [0.4, 0.5) is 11.4 Å². The molecular formula is C11H13N3O6. The first-order valence-corrected chi connectivity index (χ1v) is 5.45. The number of nitrogens with two attached hydrogens (primary N) is 1. The summed E-state index contributed by atoms with van der Waals surface area (Å²) in [7, 11) is 1.33. The lowest BCUT2D eigenvalue weighted by molar-refractivity contribution is -0.384. The van der Waals surface area contributed by atoms with Crippen molar-refractivity contribution in [3.05, 3.63) is 28.3 Å². The summed E-state index contributed by atoms with van der Waals surface area (Å²) in [6.07, 6.45) is -0.553. The van der Waals surface area contributed by atoms with E-state index in [0.29, 0.717) is 0 Å². The molecule has 0 fully saturated rings. The molecule has 1 aromatic carbocycles. The van der Waals surface area contributed by atoms with Crippen LogP contribution in [-0.2, 0) is 9.59 Å². The fraction of sp³-hybridized carbons (Fsp3) is 0.273. The van der Waals surface area contributed by atoms with Gasteiger partial charge in [-0.15, -0.1) is 0 Å². The molecule has 0 bridgehead atoms. The summed E-state index contributed by atoms with van der Waals surface area (Å²) < 4.78 is 4.95. The van der Waals surface area contributed by atoms with E-state index in [1.807, 2.05) is 0 Å². The van der Waals surface area contributed by atoms with Crippen LogP contribution in [0.1, 0.15) is 6.42 Å². The number of nitrogens with zero attached hydrogens (tertiary/aromatic N) is 1. The molecule has 0 aliphatic carbocycles. The normalized spacial score (nSPS) is 11.5. The summed E-state index contributed by atoms with van der Waals surface area (Å²) in [6, 6.07) is 2.36. The molecule has 0 aliphatic heterocycles. The van der Waals surface area contributed by atoms with Crippen molar-refractivity contribution in [1.82, 2.24) is 0 Å². The third-order valence-corrected chi connectivity index (χ3v) is 2.38. The van der Waals surface area contributed by atoms with Crippen LogP contribution < -0.4 is 15.8 Å². The van der Waals surface area contributed by atoms with Gasteiger partial charge in [0, 0.05) is 12.1 Å². The first kappa shape index (κ1) is 15.4. The minimum atomic E-state index is -1.27. The van der Waals surface area contributed by atoms with Crippen molar-refractivity contribution in [2.45, 2.75) is 12.5 Å². The van der Waals surface area contributed by atoms with E-state index >= 15 is 0 Å². The number of benzene rings is 1. The number of hydrogen-bond donors (Lipinski definition) is 3. The SMILES string of the molecule is COc1ccc([N+](=O)[O-])cc1NC(=O)C(N)CC(=O)O. The Morgan fingerprint density at radius 2 is 2.20 bits per heavy atom. The van der Waals surface area contributed by atoms with E-state index in [0.717, 1.165) is 6.07 Å². The Labute approximate surface area is 113 Å². The zero-order chi connectivity index (χ0) is 15.3. The molecule has 9 nitrogen and oxygen atoms in total. The molecule has 20 heavy (non-hydrogen) atoms. The van der Waals surface area contributed by atoms with Gasteiger partial charge >= 0.3 is 5.97 Å². The monoisotopic (exact) mass is 283 g/mol. The fourth-order valence-electron chi connectivity index (χ4n) is 1.41. The highest BCUT2D eigenvalue weighted by atomic mass is 16.6. The Morgan fingerprint density at radius 3 is 2.70 bits per heavy atom. The Kier molecular flexibility index (Phi) is 4.98. The molecule has 9 heteroatoms. The van der Waals surface area contributed by atoms with Crippen molar-refractivity contribution < 1.29 is 24.4 Å². The summed E-state index contributed by atoms with van der Waals surface area (Å²) >= 11 is 0. The van der Waals surface area contributed by atoms with E-state index in [2.05, 4.69) is 5.32 Å². The minimum absolute atomic E-state index is 0.0486. The molecule has 1 atom stereocenters. The molecule has 1 aromatic rings. The molecule has 0 saturated carbocycles. The van der Waals surface area contributed by atoms with Crippen LogP contribution in [0.2, 0.25) is 0 Å². The van der Waals surface area contributed by atoms with Crippen LogP contribution in [0.5, 0.6) is 5.75 Å². The molecule has 0 saturated heterocycles. The van der Waals surface area contributed by atoms with E-state index < -0.39 is 29.3 Å². The quantitative estimate of drug-likeness (QED) is 0.504. The Bertz CT molecular complexity index is 545. The number of aliphatic carboxylic acids is 1. The number of non-ortho nitro benzene ring substituents is 1. The molecule has 0 aliphatic rings. The number of amides is 1. The fourth-order valence-corrected chi connectivity index (χ4v) is 1.41. The molecular weight excluding hydrogens is 270 g/mol. The van der Waals surface area contributed by atoms with Gasteiger partial charge in [0.15, 0.2) is 0 Å². The number of anilines is 1. The third kappa shape index (κ3) is 3.92. The lowest BCUT2D eigenvalue weighted by atomic mass is 10.2. The number of carbonyl (C=O) groups excluding carboxylic acids is 1. The van der Waals surface area contributed by atoms with Gasteiger partial charge in [-0.2, -0.15) is 0 Å². The van der Waals surface area contributed by atoms with Crippen molar-refractivity contribution in [1.29, 1.82) is 0 Å². The van der Waals surface area contributed by atoms with Gasteiger partial charge in [0.2, 0.25) is 5.91 Å². The summed E-state index contributed by atoms with van der Waals surface area (Å²) in [5.41, 5.74) is 5.19. The van der Waals surface area contributed by atoms with Crippen molar-refractivity contribution in [2.75, 3.05) is 12.4 Å². The predicted molar refractivity (Wildman–Crippen MR) is 68.5 cm³/mol. The molecule has 1 rings (SSSR count). The maximum atomic E-state index is 11.7. The van der Waals surface area contributed by atoms with Crippen LogP contribution in [0.3, 0.4) is 0 Å². The van der Waals surface area contributed by atoms with Gasteiger partial charge < -0.3 is 20.9 Å². The number of ether oxygens (including phenoxy) is 1. The minimum Gasteiger partial charge on any atom is -0.495 e. The van der Waals surface area contributed by atoms with Gasteiger partial charge in [-0.1, -0.05) is 0 Å². The predicted octanol–water partition coefficient (Wildman–Crippen LogP) is 0.344. The highest BCUT2D eigenvalue weighted by Gasteiger charge is 2.20. The van der Waals surface area contributed by atoms with Crippen LogP contribution in [0.15, 0.2) is 18.2 Å². The van der Waals surface area contributed by atoms with Gasteiger partial charge in [0.1, 0.15) is 5.75 Å². The Hall–Kier alpha value is -2.68. The van der Waals surface area contributed by atoms with E-state index in [1.165, 1.54) is 19.2 Å². The van der Waals surface area contributed by atoms with E-state index in [1.54, 1.807) is 0 Å². The summed E-state index contributed by atoms with van der Waals surface area (Å²) in [4.78, 5) is 32.2. The number of hydrogen-bond acceptors (Lipinski definition) is 6. The van der Waals surface area contributed by atoms with Crippen LogP contribution >= 0.6 is 0 Å². The smallest absolute Gasteiger partial charge is 0.305 e. The number of methoxy groups -OCH3 is 1. The average Bonchev–Trinajstić information content (AvgIpc) is 2.37. The Balaban J connectivity index is 2.94. The van der Waals surface area contributed by atoms with E-state index in [-0.39, 0.29) is 17.1 Å². The second-order valence-corrected chi connectivity index (χ2v) is 3.84. The van der Waals surface area contributed by atoms with Gasteiger partial charge in [-0.3, -0.25) is 19.7 Å². The highest BCUT2D eigenvalue weighted by Crippen LogP contribution is 2.28. The van der Waals surface area contributed by atoms with Gasteiger partial charge in [-0.25, -0.2) is 0 Å². The van der Waals surface area contributed by atoms with Crippen LogP contribution in [0.25, 0.3) is 0 Å². The van der Waals surface area contributed by atoms with Crippen molar-refractivity contribution in [2.24, 2.45) is 5.73 Å². The van der Waals surface area contributed by atoms with Gasteiger partial charge in [0.25, 0.3) is 5.69 Å². The summed E-state index contributed by atoms with van der Waals surface area (Å²) in [6.45, 7) is 0. The Morgan fingerprint density at radius 1 is 1.55 bits per heavy atom. The van der Waals surface area contributed by atoms with Crippen molar-refractivity contribution >= 4 is 23.3 Å². The number of carboxylic acids is 1. The topological polar surface area (TPSA) is 145 Å². The molecule has 4 N–H and O–H groups in total. The molecule has 1 amide bonds. The van der Waals surface area contributed by atoms with Crippen molar-refractivity contribution in [3.8, 4) is 5.75 Å². The largest absolute Gasteiger partial charge is 0.495 e. The standard InChI is InChI=1S/C11H13N3O6/c1-20-9-3-2-6(14(18)19)4-8(9)13-11(17)7(12)5-10(15)16/h2-4,7H,5,12H2,1H3,(H,13,17)(H,15,16).